The van der Waals surface area contributed by atoms with Gasteiger partial charge in [-0.15, -0.1) is 0 Å². The summed E-state index contributed by atoms with van der Waals surface area (Å²) >= 11 is 0. The molecule has 23 heavy (non-hydrogen) atoms. The van der Waals surface area contributed by atoms with Crippen molar-refractivity contribution in [3.8, 4) is 0 Å². The van der Waals surface area contributed by atoms with Gasteiger partial charge in [0, 0.05) is 37.1 Å². The van der Waals surface area contributed by atoms with Crippen LogP contribution >= 0.6 is 0 Å². The first-order chi connectivity index (χ1) is 10.9. The highest BCUT2D eigenvalue weighted by Crippen LogP contribution is 2.51. The van der Waals surface area contributed by atoms with Crippen LogP contribution in [0.1, 0.15) is 26.7 Å². The minimum absolute atomic E-state index is 0.114. The topological polar surface area (TPSA) is 67.4 Å². The Bertz CT molecular complexity index is 630. The average Bonchev–Trinajstić information content (AvgIpc) is 2.55. The summed E-state index contributed by atoms with van der Waals surface area (Å²) in [5, 5.41) is 3.53. The summed E-state index contributed by atoms with van der Waals surface area (Å²) in [6.07, 6.45) is 2.66. The predicted octanol–water partition coefficient (Wildman–Crippen LogP) is 1.76. The van der Waals surface area contributed by atoms with E-state index in [1.165, 1.54) is 6.42 Å². The van der Waals surface area contributed by atoms with Gasteiger partial charge in [-0.1, -0.05) is 32.0 Å². The summed E-state index contributed by atoms with van der Waals surface area (Å²) in [6, 6.07) is 8.87. The van der Waals surface area contributed by atoms with Crippen molar-refractivity contribution in [2.24, 2.45) is 11.3 Å². The van der Waals surface area contributed by atoms with E-state index in [4.69, 9.17) is 4.74 Å². The minimum atomic E-state index is -3.41. The summed E-state index contributed by atoms with van der Waals surface area (Å²) in [5.74, 6) is 0.560. The van der Waals surface area contributed by atoms with Crippen LogP contribution in [-0.4, -0.2) is 40.3 Å². The normalized spacial score (nSPS) is 29.6. The van der Waals surface area contributed by atoms with Crippen molar-refractivity contribution >= 4 is 10.0 Å². The molecular weight excluding hydrogens is 312 g/mol. The lowest BCUT2D eigenvalue weighted by molar-refractivity contribution is -0.192. The van der Waals surface area contributed by atoms with Crippen molar-refractivity contribution in [2.75, 3.05) is 19.7 Å². The Labute approximate surface area is 138 Å². The Morgan fingerprint density at radius 3 is 2.70 bits per heavy atom. The maximum absolute atomic E-state index is 12.2. The number of benzene rings is 1. The van der Waals surface area contributed by atoms with Crippen LogP contribution in [-0.2, 0) is 14.8 Å². The zero-order valence-corrected chi connectivity index (χ0v) is 14.6. The van der Waals surface area contributed by atoms with Gasteiger partial charge in [-0.05, 0) is 25.0 Å². The van der Waals surface area contributed by atoms with Gasteiger partial charge in [0.15, 0.2) is 0 Å². The van der Waals surface area contributed by atoms with Gasteiger partial charge in [-0.25, -0.2) is 13.1 Å². The molecule has 0 radical (unpaired) electrons. The van der Waals surface area contributed by atoms with E-state index >= 15 is 0 Å². The van der Waals surface area contributed by atoms with Crippen LogP contribution in [0.2, 0.25) is 0 Å². The van der Waals surface area contributed by atoms with Gasteiger partial charge in [0.05, 0.1) is 11.0 Å². The second kappa shape index (κ2) is 6.51. The summed E-state index contributed by atoms with van der Waals surface area (Å²) in [5.41, 5.74) is 0.114. The predicted molar refractivity (Wildman–Crippen MR) is 89.7 cm³/mol. The first kappa shape index (κ1) is 16.9. The summed E-state index contributed by atoms with van der Waals surface area (Å²) in [4.78, 5) is 0.310. The van der Waals surface area contributed by atoms with Crippen molar-refractivity contribution in [1.29, 1.82) is 0 Å². The third kappa shape index (κ3) is 3.31. The third-order valence-corrected chi connectivity index (χ3v) is 6.64. The summed E-state index contributed by atoms with van der Waals surface area (Å²) in [7, 11) is -3.41. The zero-order chi connectivity index (χ0) is 16.5. The molecule has 128 valence electrons. The van der Waals surface area contributed by atoms with Crippen LogP contribution in [0.15, 0.2) is 35.2 Å². The number of sulfonamides is 1. The highest BCUT2D eigenvalue weighted by molar-refractivity contribution is 7.89. The van der Waals surface area contributed by atoms with Gasteiger partial charge in [0.2, 0.25) is 10.0 Å². The molecular formula is C17H26N2O3S. The van der Waals surface area contributed by atoms with E-state index in [1.54, 1.807) is 24.3 Å². The molecule has 0 amide bonds. The molecule has 0 spiro atoms. The Hall–Kier alpha value is -0.950. The molecule has 2 aliphatic rings. The third-order valence-electron chi connectivity index (χ3n) is 5.17. The highest BCUT2D eigenvalue weighted by atomic mass is 32.2. The van der Waals surface area contributed by atoms with Gasteiger partial charge >= 0.3 is 0 Å². The smallest absolute Gasteiger partial charge is 0.240 e. The maximum Gasteiger partial charge on any atom is 0.240 e. The van der Waals surface area contributed by atoms with Crippen LogP contribution in [0, 0.1) is 11.3 Å². The number of hydrogen-bond acceptors (Lipinski definition) is 4. The van der Waals surface area contributed by atoms with E-state index in [2.05, 4.69) is 23.9 Å². The monoisotopic (exact) mass is 338 g/mol. The summed E-state index contributed by atoms with van der Waals surface area (Å²) in [6.45, 7) is 6.34. The first-order valence-corrected chi connectivity index (χ1v) is 9.81. The van der Waals surface area contributed by atoms with Crippen LogP contribution in [0.25, 0.3) is 0 Å². The molecule has 2 N–H and O–H groups in total. The first-order valence-electron chi connectivity index (χ1n) is 8.32. The number of hydrogen-bond donors (Lipinski definition) is 2. The molecule has 1 aromatic rings. The molecule has 0 bridgehead atoms. The molecule has 6 heteroatoms. The fourth-order valence-corrected chi connectivity index (χ4v) is 5.09. The molecule has 3 rings (SSSR count). The van der Waals surface area contributed by atoms with Gasteiger partial charge < -0.3 is 10.1 Å². The van der Waals surface area contributed by atoms with Crippen molar-refractivity contribution in [2.45, 2.75) is 43.7 Å². The van der Waals surface area contributed by atoms with Crippen molar-refractivity contribution < 1.29 is 13.2 Å². The number of nitrogens with one attached hydrogen (secondary N) is 2. The molecule has 0 aromatic heterocycles. The van der Waals surface area contributed by atoms with E-state index in [0.29, 0.717) is 36.0 Å². The molecule has 1 saturated carbocycles. The Balaban J connectivity index is 1.49. The fourth-order valence-electron chi connectivity index (χ4n) is 4.03. The minimum Gasteiger partial charge on any atom is -0.377 e. The molecule has 3 atom stereocenters. The van der Waals surface area contributed by atoms with Crippen LogP contribution in [0.3, 0.4) is 0 Å². The molecule has 1 aliphatic carbocycles. The number of ether oxygens (including phenoxy) is 1. The molecule has 5 nitrogen and oxygen atoms in total. The quantitative estimate of drug-likeness (QED) is 0.776. The van der Waals surface area contributed by atoms with Crippen LogP contribution < -0.4 is 10.0 Å². The van der Waals surface area contributed by atoms with E-state index in [0.717, 1.165) is 13.0 Å². The molecule has 1 saturated heterocycles. The lowest BCUT2D eigenvalue weighted by Gasteiger charge is -2.60. The SMILES string of the molecule is CC1(C)[C@H](NCCNS(=O)(=O)c2ccccc2)[C@H]2CCCO[C@H]21. The van der Waals surface area contributed by atoms with Gasteiger partial charge in [0.1, 0.15) is 0 Å². The number of fused-ring (bicyclic) bond motifs is 1. The van der Waals surface area contributed by atoms with E-state index < -0.39 is 10.0 Å². The standard InChI is InChI=1S/C17H26N2O3S/c1-17(2)15(14-9-6-12-22-16(14)17)18-10-11-19-23(20,21)13-7-4-3-5-8-13/h3-5,7-8,14-16,18-19H,6,9-12H2,1-2H3/t14-,15-,16-/m1/s1. The van der Waals surface area contributed by atoms with E-state index in [9.17, 15) is 8.42 Å². The Kier molecular flexibility index (Phi) is 4.78. The molecule has 0 unspecified atom stereocenters. The van der Waals surface area contributed by atoms with Gasteiger partial charge in [-0.2, -0.15) is 0 Å². The molecule has 2 fully saturated rings. The average molecular weight is 338 g/mol. The molecule has 1 heterocycles. The maximum atomic E-state index is 12.2. The molecule has 1 aromatic carbocycles. The Morgan fingerprint density at radius 2 is 1.96 bits per heavy atom. The number of rotatable bonds is 6. The van der Waals surface area contributed by atoms with Crippen LogP contribution in [0.4, 0.5) is 0 Å². The largest absolute Gasteiger partial charge is 0.377 e. The van der Waals surface area contributed by atoms with Crippen LogP contribution in [0.5, 0.6) is 0 Å². The Morgan fingerprint density at radius 1 is 1.22 bits per heavy atom. The summed E-state index contributed by atoms with van der Waals surface area (Å²) < 4.78 is 32.9. The van der Waals surface area contributed by atoms with Gasteiger partial charge in [-0.3, -0.25) is 0 Å². The van der Waals surface area contributed by atoms with E-state index in [-0.39, 0.29) is 5.41 Å². The zero-order valence-electron chi connectivity index (χ0n) is 13.8. The van der Waals surface area contributed by atoms with Crippen molar-refractivity contribution in [3.63, 3.8) is 0 Å². The molecule has 1 aliphatic heterocycles. The second-order valence-corrected chi connectivity index (χ2v) is 8.83. The van der Waals surface area contributed by atoms with Crippen molar-refractivity contribution in [3.05, 3.63) is 30.3 Å². The lowest BCUT2D eigenvalue weighted by atomic mass is 9.55. The van der Waals surface area contributed by atoms with Crippen molar-refractivity contribution in [1.82, 2.24) is 10.0 Å². The fraction of sp³-hybridized carbons (Fsp3) is 0.647. The second-order valence-electron chi connectivity index (χ2n) is 7.06. The lowest BCUT2D eigenvalue weighted by Crippen LogP contribution is -2.69. The van der Waals surface area contributed by atoms with Gasteiger partial charge in [0.25, 0.3) is 0 Å². The van der Waals surface area contributed by atoms with E-state index in [1.807, 2.05) is 6.07 Å². The highest BCUT2D eigenvalue weighted by Gasteiger charge is 2.57.